The number of ether oxygens (including phenoxy) is 1. The summed E-state index contributed by atoms with van der Waals surface area (Å²) in [7, 11) is 1.59. The van der Waals surface area contributed by atoms with Gasteiger partial charge in [-0.2, -0.15) is 0 Å². The predicted octanol–water partition coefficient (Wildman–Crippen LogP) is 2.93. The highest BCUT2D eigenvalue weighted by molar-refractivity contribution is 6.05. The van der Waals surface area contributed by atoms with E-state index < -0.39 is 11.9 Å². The molecule has 3 N–H and O–H groups in total. The molecule has 178 valence electrons. The summed E-state index contributed by atoms with van der Waals surface area (Å²) in [5.41, 5.74) is 2.74. The minimum Gasteiger partial charge on any atom is -0.497 e. The molecule has 5 rings (SSSR count). The molecular weight excluding hydrogens is 448 g/mol. The molecule has 9 heteroatoms. The largest absolute Gasteiger partial charge is 0.497 e. The molecule has 2 aliphatic rings. The number of carbonyl (C=O) groups excluding carboxylic acids is 4. The van der Waals surface area contributed by atoms with Crippen LogP contribution in [0.3, 0.4) is 0 Å². The van der Waals surface area contributed by atoms with Crippen LogP contribution >= 0.6 is 0 Å². The molecule has 3 aromatic rings. The van der Waals surface area contributed by atoms with Crippen molar-refractivity contribution >= 4 is 40.2 Å². The summed E-state index contributed by atoms with van der Waals surface area (Å²) in [5, 5.41) is 9.83. The first-order valence-corrected chi connectivity index (χ1v) is 11.3. The Bertz CT molecular complexity index is 1370. The van der Waals surface area contributed by atoms with Gasteiger partial charge in [0.25, 0.3) is 5.91 Å². The van der Waals surface area contributed by atoms with Crippen molar-refractivity contribution in [2.45, 2.75) is 32.0 Å². The maximum atomic E-state index is 13.0. The average molecular weight is 473 g/mol. The monoisotopic (exact) mass is 472 g/mol. The van der Waals surface area contributed by atoms with E-state index in [9.17, 15) is 19.2 Å². The van der Waals surface area contributed by atoms with Gasteiger partial charge < -0.3 is 20.3 Å². The van der Waals surface area contributed by atoms with Crippen molar-refractivity contribution in [3.8, 4) is 5.75 Å². The lowest BCUT2D eigenvalue weighted by molar-refractivity contribution is -0.136. The Labute approximate surface area is 201 Å². The SMILES string of the molecule is COc1ccc2cccc(NC(=O)NCc3ccc4c(c3)C(=O)N(C3CCC(=O)NC3=O)C4)c2c1. The van der Waals surface area contributed by atoms with Crippen molar-refractivity contribution in [2.24, 2.45) is 0 Å². The van der Waals surface area contributed by atoms with Crippen LogP contribution in [0.25, 0.3) is 10.8 Å². The Morgan fingerprint density at radius 3 is 2.77 bits per heavy atom. The van der Waals surface area contributed by atoms with Crippen LogP contribution in [0.4, 0.5) is 10.5 Å². The third-order valence-corrected chi connectivity index (χ3v) is 6.38. The summed E-state index contributed by atoms with van der Waals surface area (Å²) >= 11 is 0. The molecule has 0 spiro atoms. The van der Waals surface area contributed by atoms with Crippen LogP contribution < -0.4 is 20.7 Å². The van der Waals surface area contributed by atoms with Crippen LogP contribution in [0.2, 0.25) is 0 Å². The Morgan fingerprint density at radius 1 is 1.11 bits per heavy atom. The number of hydrogen-bond donors (Lipinski definition) is 3. The summed E-state index contributed by atoms with van der Waals surface area (Å²) in [6, 6.07) is 15.7. The van der Waals surface area contributed by atoms with Gasteiger partial charge in [0.15, 0.2) is 0 Å². The number of carbonyl (C=O) groups is 4. The molecule has 1 saturated heterocycles. The normalized spacial score (nSPS) is 17.2. The molecule has 3 aromatic carbocycles. The molecule has 1 atom stereocenters. The standard InChI is InChI=1S/C26H24N4O5/c1-35-18-8-7-16-3-2-4-21(19(16)12-18)28-26(34)27-13-15-5-6-17-14-30(25(33)20(17)11-15)22-9-10-23(31)29-24(22)32/h2-8,11-12,22H,9-10,13-14H2,1H3,(H2,27,28,34)(H,29,31,32). The van der Waals surface area contributed by atoms with Crippen molar-refractivity contribution in [1.82, 2.24) is 15.5 Å². The fraction of sp³-hybridized carbons (Fsp3) is 0.231. The summed E-state index contributed by atoms with van der Waals surface area (Å²) in [4.78, 5) is 50.7. The molecule has 0 radical (unpaired) electrons. The lowest BCUT2D eigenvalue weighted by Crippen LogP contribution is -2.52. The number of nitrogens with zero attached hydrogens (tertiary/aromatic N) is 1. The Morgan fingerprint density at radius 2 is 1.97 bits per heavy atom. The molecular formula is C26H24N4O5. The van der Waals surface area contributed by atoms with Crippen molar-refractivity contribution in [2.75, 3.05) is 12.4 Å². The zero-order valence-corrected chi connectivity index (χ0v) is 19.1. The van der Waals surface area contributed by atoms with Crippen molar-refractivity contribution in [1.29, 1.82) is 0 Å². The number of anilines is 1. The number of methoxy groups -OCH3 is 1. The van der Waals surface area contributed by atoms with Gasteiger partial charge in [-0.25, -0.2) is 4.79 Å². The van der Waals surface area contributed by atoms with Gasteiger partial charge in [0, 0.05) is 30.5 Å². The fourth-order valence-electron chi connectivity index (χ4n) is 4.55. The van der Waals surface area contributed by atoms with E-state index in [4.69, 9.17) is 4.74 Å². The predicted molar refractivity (Wildman–Crippen MR) is 129 cm³/mol. The quantitative estimate of drug-likeness (QED) is 0.494. The number of imide groups is 1. The summed E-state index contributed by atoms with van der Waals surface area (Å²) in [5.74, 6) is -0.302. The Kier molecular flexibility index (Phi) is 5.82. The zero-order chi connectivity index (χ0) is 24.5. The molecule has 2 heterocycles. The van der Waals surface area contributed by atoms with Gasteiger partial charge in [-0.15, -0.1) is 0 Å². The third-order valence-electron chi connectivity index (χ3n) is 6.38. The van der Waals surface area contributed by atoms with Crippen LogP contribution in [0.5, 0.6) is 5.75 Å². The van der Waals surface area contributed by atoms with E-state index in [1.807, 2.05) is 48.5 Å². The van der Waals surface area contributed by atoms with Crippen molar-refractivity contribution in [3.05, 3.63) is 71.3 Å². The van der Waals surface area contributed by atoms with Gasteiger partial charge >= 0.3 is 6.03 Å². The van der Waals surface area contributed by atoms with E-state index in [2.05, 4.69) is 16.0 Å². The zero-order valence-electron chi connectivity index (χ0n) is 19.1. The molecule has 1 fully saturated rings. The second-order valence-electron chi connectivity index (χ2n) is 8.59. The maximum Gasteiger partial charge on any atom is 0.319 e. The summed E-state index contributed by atoms with van der Waals surface area (Å²) < 4.78 is 5.29. The van der Waals surface area contributed by atoms with Crippen LogP contribution in [0, 0.1) is 0 Å². The van der Waals surface area contributed by atoms with Crippen LogP contribution in [0.15, 0.2) is 54.6 Å². The molecule has 1 unspecified atom stereocenters. The van der Waals surface area contributed by atoms with Gasteiger partial charge in [-0.3, -0.25) is 19.7 Å². The Hall–Kier alpha value is -4.40. The van der Waals surface area contributed by atoms with Gasteiger partial charge in [0.1, 0.15) is 11.8 Å². The van der Waals surface area contributed by atoms with Crippen molar-refractivity contribution in [3.63, 3.8) is 0 Å². The minimum absolute atomic E-state index is 0.213. The molecule has 9 nitrogen and oxygen atoms in total. The number of amides is 5. The summed E-state index contributed by atoms with van der Waals surface area (Å²) in [6.07, 6.45) is 0.531. The van der Waals surface area contributed by atoms with E-state index >= 15 is 0 Å². The molecule has 5 amide bonds. The second kappa shape index (κ2) is 9.09. The number of fused-ring (bicyclic) bond motifs is 2. The van der Waals surface area contributed by atoms with Gasteiger partial charge in [-0.05, 0) is 47.2 Å². The smallest absolute Gasteiger partial charge is 0.319 e. The first-order valence-electron chi connectivity index (χ1n) is 11.3. The van der Waals surface area contributed by atoms with Gasteiger partial charge in [-0.1, -0.05) is 30.3 Å². The van der Waals surface area contributed by atoms with E-state index in [1.54, 1.807) is 13.2 Å². The number of nitrogens with one attached hydrogen (secondary N) is 3. The van der Waals surface area contributed by atoms with E-state index in [0.717, 1.165) is 21.9 Å². The van der Waals surface area contributed by atoms with Gasteiger partial charge in [0.05, 0.1) is 12.8 Å². The highest BCUT2D eigenvalue weighted by Gasteiger charge is 2.39. The lowest BCUT2D eigenvalue weighted by atomic mass is 10.0. The molecule has 0 saturated carbocycles. The second-order valence-corrected chi connectivity index (χ2v) is 8.59. The van der Waals surface area contributed by atoms with E-state index in [-0.39, 0.29) is 30.8 Å². The summed E-state index contributed by atoms with van der Waals surface area (Å²) in [6.45, 7) is 0.540. The highest BCUT2D eigenvalue weighted by Crippen LogP contribution is 2.29. The lowest BCUT2D eigenvalue weighted by Gasteiger charge is -2.29. The fourth-order valence-corrected chi connectivity index (χ4v) is 4.55. The molecule has 35 heavy (non-hydrogen) atoms. The first-order chi connectivity index (χ1) is 16.9. The Balaban J connectivity index is 1.25. The maximum absolute atomic E-state index is 13.0. The molecule has 0 aliphatic carbocycles. The topological polar surface area (TPSA) is 117 Å². The molecule has 0 aromatic heterocycles. The van der Waals surface area contributed by atoms with Crippen molar-refractivity contribution < 1.29 is 23.9 Å². The van der Waals surface area contributed by atoms with Crippen LogP contribution in [-0.4, -0.2) is 41.8 Å². The first kappa shape index (κ1) is 22.4. The van der Waals surface area contributed by atoms with E-state index in [1.165, 1.54) is 4.90 Å². The number of rotatable bonds is 5. The molecule has 2 aliphatic heterocycles. The number of benzene rings is 3. The highest BCUT2D eigenvalue weighted by atomic mass is 16.5. The number of hydrogen-bond acceptors (Lipinski definition) is 5. The molecule has 0 bridgehead atoms. The van der Waals surface area contributed by atoms with E-state index in [0.29, 0.717) is 30.0 Å². The van der Waals surface area contributed by atoms with Gasteiger partial charge in [0.2, 0.25) is 11.8 Å². The number of urea groups is 1. The average Bonchev–Trinajstić information content (AvgIpc) is 3.18. The minimum atomic E-state index is -0.653. The third kappa shape index (κ3) is 4.40. The van der Waals surface area contributed by atoms with Crippen LogP contribution in [0.1, 0.15) is 34.3 Å². The van der Waals surface area contributed by atoms with Crippen LogP contribution in [-0.2, 0) is 22.7 Å². The number of piperidine rings is 1.